The molecule has 0 heterocycles. The van der Waals surface area contributed by atoms with E-state index in [1.165, 1.54) is 0 Å². The molecule has 1 unspecified atom stereocenters. The largest absolute Gasteiger partial charge is 0.337 e. The van der Waals surface area contributed by atoms with E-state index in [9.17, 15) is 9.59 Å². The molecule has 1 rings (SSSR count). The van der Waals surface area contributed by atoms with E-state index in [1.807, 2.05) is 45.9 Å². The fourth-order valence-corrected chi connectivity index (χ4v) is 2.21. The number of likely N-dealkylation sites (N-methyl/N-ethyl adjacent to an activating group) is 1. The van der Waals surface area contributed by atoms with Crippen LogP contribution in [0.1, 0.15) is 27.7 Å². The summed E-state index contributed by atoms with van der Waals surface area (Å²) < 4.78 is 0. The highest BCUT2D eigenvalue weighted by Gasteiger charge is 2.27. The van der Waals surface area contributed by atoms with Gasteiger partial charge in [-0.25, -0.2) is 4.79 Å². The van der Waals surface area contributed by atoms with Gasteiger partial charge < -0.3 is 15.5 Å². The summed E-state index contributed by atoms with van der Waals surface area (Å²) in [6.07, 6.45) is 0. The van der Waals surface area contributed by atoms with Crippen molar-refractivity contribution in [1.82, 2.24) is 10.2 Å². The van der Waals surface area contributed by atoms with Crippen LogP contribution in [0.3, 0.4) is 0 Å². The molecule has 5 heteroatoms. The van der Waals surface area contributed by atoms with Crippen LogP contribution in [0.2, 0.25) is 0 Å². The van der Waals surface area contributed by atoms with Gasteiger partial charge in [0.1, 0.15) is 6.04 Å². The number of hydrogen-bond acceptors (Lipinski definition) is 2. The average Bonchev–Trinajstić information content (AvgIpc) is 2.50. The lowest BCUT2D eigenvalue weighted by Crippen LogP contribution is -2.52. The predicted octanol–water partition coefficient (Wildman–Crippen LogP) is 3.26. The molecule has 2 N–H and O–H groups in total. The monoisotopic (exact) mass is 317 g/mol. The first-order valence-corrected chi connectivity index (χ1v) is 7.90. The van der Waals surface area contributed by atoms with Crippen LogP contribution in [-0.2, 0) is 4.79 Å². The van der Waals surface area contributed by atoms with Gasteiger partial charge in [0.05, 0.1) is 0 Å². The molecule has 5 nitrogen and oxygen atoms in total. The molecule has 0 bridgehead atoms. The summed E-state index contributed by atoms with van der Waals surface area (Å²) in [6, 6.07) is 8.20. The Balaban J connectivity index is 2.75. The van der Waals surface area contributed by atoms with Gasteiger partial charge in [0.2, 0.25) is 5.91 Å². The molecule has 0 aliphatic rings. The molecule has 1 aromatic rings. The SMILES string of the molecule is C=C(C)CN(CC)C(=O)C(NC(=O)Nc1ccccc1)C(C)C. The highest BCUT2D eigenvalue weighted by atomic mass is 16.2. The smallest absolute Gasteiger partial charge is 0.319 e. The van der Waals surface area contributed by atoms with Crippen LogP contribution in [0.25, 0.3) is 0 Å². The average molecular weight is 317 g/mol. The highest BCUT2D eigenvalue weighted by molar-refractivity contribution is 5.93. The molecule has 1 aromatic carbocycles. The lowest BCUT2D eigenvalue weighted by atomic mass is 10.0. The van der Waals surface area contributed by atoms with Gasteiger partial charge in [0.15, 0.2) is 0 Å². The van der Waals surface area contributed by atoms with Crippen molar-refractivity contribution < 1.29 is 9.59 Å². The molecule has 0 aliphatic heterocycles. The second-order valence-electron chi connectivity index (χ2n) is 6.00. The van der Waals surface area contributed by atoms with E-state index in [2.05, 4.69) is 17.2 Å². The molecule has 0 radical (unpaired) electrons. The number of carbonyl (C=O) groups is 2. The quantitative estimate of drug-likeness (QED) is 0.758. The molecule has 3 amide bonds. The molecule has 0 aliphatic carbocycles. The summed E-state index contributed by atoms with van der Waals surface area (Å²) in [5, 5.41) is 5.52. The zero-order chi connectivity index (χ0) is 17.4. The summed E-state index contributed by atoms with van der Waals surface area (Å²) in [6.45, 7) is 12.6. The molecule has 0 saturated heterocycles. The van der Waals surface area contributed by atoms with Crippen molar-refractivity contribution in [2.75, 3.05) is 18.4 Å². The van der Waals surface area contributed by atoms with Crippen molar-refractivity contribution in [1.29, 1.82) is 0 Å². The van der Waals surface area contributed by atoms with E-state index in [1.54, 1.807) is 17.0 Å². The molecule has 23 heavy (non-hydrogen) atoms. The minimum atomic E-state index is -0.571. The van der Waals surface area contributed by atoms with Gasteiger partial charge in [-0.05, 0) is 31.9 Å². The summed E-state index contributed by atoms with van der Waals surface area (Å²) in [5.74, 6) is -0.100. The summed E-state index contributed by atoms with van der Waals surface area (Å²) in [4.78, 5) is 26.5. The van der Waals surface area contributed by atoms with Gasteiger partial charge >= 0.3 is 6.03 Å². The summed E-state index contributed by atoms with van der Waals surface area (Å²) >= 11 is 0. The van der Waals surface area contributed by atoms with Crippen LogP contribution in [0.15, 0.2) is 42.5 Å². The van der Waals surface area contributed by atoms with Crippen LogP contribution < -0.4 is 10.6 Å². The van der Waals surface area contributed by atoms with E-state index in [4.69, 9.17) is 0 Å². The second-order valence-corrected chi connectivity index (χ2v) is 6.00. The topological polar surface area (TPSA) is 61.4 Å². The van der Waals surface area contributed by atoms with Crippen molar-refractivity contribution in [3.05, 3.63) is 42.5 Å². The van der Waals surface area contributed by atoms with Crippen LogP contribution in [0, 0.1) is 5.92 Å². The molecule has 0 fully saturated rings. The van der Waals surface area contributed by atoms with Crippen molar-refractivity contribution >= 4 is 17.6 Å². The predicted molar refractivity (Wildman–Crippen MR) is 94.3 cm³/mol. The van der Waals surface area contributed by atoms with Crippen molar-refractivity contribution in [3.63, 3.8) is 0 Å². The van der Waals surface area contributed by atoms with Gasteiger partial charge in [-0.15, -0.1) is 0 Å². The number of carbonyl (C=O) groups excluding carboxylic acids is 2. The second kappa shape index (κ2) is 8.98. The lowest BCUT2D eigenvalue weighted by molar-refractivity contribution is -0.133. The third-order valence-corrected chi connectivity index (χ3v) is 3.41. The highest BCUT2D eigenvalue weighted by Crippen LogP contribution is 2.10. The maximum Gasteiger partial charge on any atom is 0.319 e. The number of benzene rings is 1. The Morgan fingerprint density at radius 2 is 1.83 bits per heavy atom. The Morgan fingerprint density at radius 3 is 2.30 bits per heavy atom. The van der Waals surface area contributed by atoms with E-state index >= 15 is 0 Å². The fourth-order valence-electron chi connectivity index (χ4n) is 2.21. The molecule has 0 aromatic heterocycles. The zero-order valence-electron chi connectivity index (χ0n) is 14.4. The maximum atomic E-state index is 12.7. The molecule has 1 atom stereocenters. The number of anilines is 1. The van der Waals surface area contributed by atoms with Crippen LogP contribution in [0.4, 0.5) is 10.5 Å². The normalized spacial score (nSPS) is 11.7. The first kappa shape index (κ1) is 18.7. The minimum Gasteiger partial charge on any atom is -0.337 e. The third-order valence-electron chi connectivity index (χ3n) is 3.41. The summed E-state index contributed by atoms with van der Waals surface area (Å²) in [7, 11) is 0. The number of nitrogens with one attached hydrogen (secondary N) is 2. The molecule has 0 saturated carbocycles. The van der Waals surface area contributed by atoms with Crippen molar-refractivity contribution in [2.24, 2.45) is 5.92 Å². The Hall–Kier alpha value is -2.30. The number of hydrogen-bond donors (Lipinski definition) is 2. The lowest BCUT2D eigenvalue weighted by Gasteiger charge is -2.29. The van der Waals surface area contributed by atoms with E-state index in [0.29, 0.717) is 18.8 Å². The van der Waals surface area contributed by atoms with Gasteiger partial charge in [-0.2, -0.15) is 0 Å². The van der Waals surface area contributed by atoms with Gasteiger partial charge in [-0.3, -0.25) is 4.79 Å². The molecular formula is C18H27N3O2. The first-order valence-electron chi connectivity index (χ1n) is 7.90. The molecule has 126 valence electrons. The fraction of sp³-hybridized carbons (Fsp3) is 0.444. The molecule has 0 spiro atoms. The van der Waals surface area contributed by atoms with Crippen molar-refractivity contribution in [2.45, 2.75) is 33.7 Å². The number of urea groups is 1. The number of rotatable bonds is 7. The van der Waals surface area contributed by atoms with Gasteiger partial charge in [0, 0.05) is 18.8 Å². The van der Waals surface area contributed by atoms with Crippen molar-refractivity contribution in [3.8, 4) is 0 Å². The van der Waals surface area contributed by atoms with Gasteiger partial charge in [0.25, 0.3) is 0 Å². The van der Waals surface area contributed by atoms with E-state index in [0.717, 1.165) is 5.57 Å². The Labute approximate surface area is 138 Å². The Morgan fingerprint density at radius 1 is 1.22 bits per heavy atom. The zero-order valence-corrected chi connectivity index (χ0v) is 14.4. The number of amides is 3. The standard InChI is InChI=1S/C18H27N3O2/c1-6-21(12-13(2)3)17(22)16(14(4)5)20-18(23)19-15-10-8-7-9-11-15/h7-11,14,16H,2,6,12H2,1,3-5H3,(H2,19,20,23). The van der Waals surface area contributed by atoms with Crippen LogP contribution in [0.5, 0.6) is 0 Å². The molecular weight excluding hydrogens is 290 g/mol. The van der Waals surface area contributed by atoms with Gasteiger partial charge in [-0.1, -0.05) is 44.2 Å². The van der Waals surface area contributed by atoms with E-state index < -0.39 is 6.04 Å². The minimum absolute atomic E-state index is 0.0109. The number of para-hydroxylation sites is 1. The third kappa shape index (κ3) is 6.14. The maximum absolute atomic E-state index is 12.7. The summed E-state index contributed by atoms with van der Waals surface area (Å²) in [5.41, 5.74) is 1.60. The van der Waals surface area contributed by atoms with Crippen LogP contribution in [-0.4, -0.2) is 36.0 Å². The van der Waals surface area contributed by atoms with Crippen LogP contribution >= 0.6 is 0 Å². The number of nitrogens with zero attached hydrogens (tertiary/aromatic N) is 1. The first-order chi connectivity index (χ1) is 10.8. The Kier molecular flexibility index (Phi) is 7.32. The Bertz CT molecular complexity index is 540. The van der Waals surface area contributed by atoms with E-state index in [-0.39, 0.29) is 17.9 Å².